The third kappa shape index (κ3) is 2.66. The van der Waals surface area contributed by atoms with Crippen LogP contribution in [0.1, 0.15) is 6.92 Å². The average molecular weight is 327 g/mol. The summed E-state index contributed by atoms with van der Waals surface area (Å²) >= 11 is 3.26. The highest BCUT2D eigenvalue weighted by Gasteiger charge is 2.30. The smallest absolute Gasteiger partial charge is 0.337 e. The molecule has 1 heterocycles. The van der Waals surface area contributed by atoms with Crippen LogP contribution in [0.15, 0.2) is 33.8 Å². The van der Waals surface area contributed by atoms with Crippen LogP contribution in [0, 0.1) is 0 Å². The Morgan fingerprint density at radius 1 is 1.53 bits per heavy atom. The van der Waals surface area contributed by atoms with Crippen LogP contribution >= 0.6 is 15.9 Å². The van der Waals surface area contributed by atoms with Crippen molar-refractivity contribution in [3.05, 3.63) is 39.4 Å². The van der Waals surface area contributed by atoms with E-state index >= 15 is 0 Å². The Morgan fingerprint density at radius 2 is 2.21 bits per heavy atom. The fourth-order valence-corrected chi connectivity index (χ4v) is 2.00. The quantitative estimate of drug-likeness (QED) is 0.877. The number of aliphatic hydroxyl groups is 1. The van der Waals surface area contributed by atoms with E-state index in [1.165, 1.54) is 6.33 Å². The Kier molecular flexibility index (Phi) is 3.42. The molecule has 0 saturated heterocycles. The summed E-state index contributed by atoms with van der Waals surface area (Å²) in [7, 11) is 0. The van der Waals surface area contributed by atoms with Gasteiger partial charge in [-0.1, -0.05) is 15.9 Å². The minimum atomic E-state index is -2.02. The van der Waals surface area contributed by atoms with Crippen LogP contribution < -0.4 is 5.56 Å². The Labute approximate surface area is 116 Å². The van der Waals surface area contributed by atoms with Crippen molar-refractivity contribution in [3.8, 4) is 0 Å². The molecule has 0 bridgehead atoms. The summed E-state index contributed by atoms with van der Waals surface area (Å²) in [6.45, 7) is 0.767. The summed E-state index contributed by atoms with van der Waals surface area (Å²) in [5.74, 6) is -1.39. The van der Waals surface area contributed by atoms with Gasteiger partial charge >= 0.3 is 5.97 Å². The lowest BCUT2D eigenvalue weighted by Crippen LogP contribution is -2.42. The van der Waals surface area contributed by atoms with Gasteiger partial charge in [0.05, 0.1) is 23.8 Å². The number of halogens is 1. The molecule has 100 valence electrons. The topological polar surface area (TPSA) is 92.4 Å². The van der Waals surface area contributed by atoms with Crippen molar-refractivity contribution in [2.45, 2.75) is 19.1 Å². The fourth-order valence-electron chi connectivity index (χ4n) is 1.64. The number of carboxylic acids is 1. The van der Waals surface area contributed by atoms with Gasteiger partial charge in [-0.2, -0.15) is 0 Å². The van der Waals surface area contributed by atoms with Gasteiger partial charge in [0.2, 0.25) is 0 Å². The standard InChI is InChI=1S/C12H11BrN2O4/c1-12(19,11(17)18)5-15-6-14-9-3-2-7(13)4-8(9)10(15)16/h2-4,6,19H,5H2,1H3,(H,17,18). The summed E-state index contributed by atoms with van der Waals surface area (Å²) in [5.41, 5.74) is -1.90. The fraction of sp³-hybridized carbons (Fsp3) is 0.250. The summed E-state index contributed by atoms with van der Waals surface area (Å²) in [6, 6.07) is 5.05. The molecule has 2 N–H and O–H groups in total. The number of aliphatic carboxylic acids is 1. The van der Waals surface area contributed by atoms with E-state index < -0.39 is 17.1 Å². The molecule has 0 aliphatic heterocycles. The Hall–Kier alpha value is -1.73. The molecule has 0 aliphatic rings. The van der Waals surface area contributed by atoms with Crippen LogP contribution in [0.5, 0.6) is 0 Å². The molecule has 1 atom stereocenters. The van der Waals surface area contributed by atoms with Gasteiger partial charge in [0.15, 0.2) is 5.60 Å². The molecule has 6 nitrogen and oxygen atoms in total. The highest BCUT2D eigenvalue weighted by Crippen LogP contribution is 2.15. The highest BCUT2D eigenvalue weighted by atomic mass is 79.9. The molecule has 1 unspecified atom stereocenters. The molecule has 1 aromatic heterocycles. The number of fused-ring (bicyclic) bond motifs is 1. The van der Waals surface area contributed by atoms with Crippen LogP contribution in [0.25, 0.3) is 10.9 Å². The van der Waals surface area contributed by atoms with Crippen molar-refractivity contribution in [2.75, 3.05) is 0 Å². The molecular formula is C12H11BrN2O4. The Morgan fingerprint density at radius 3 is 2.84 bits per heavy atom. The van der Waals surface area contributed by atoms with Gasteiger partial charge in [-0.3, -0.25) is 9.36 Å². The Bertz CT molecular complexity index is 708. The third-order valence-electron chi connectivity index (χ3n) is 2.73. The van der Waals surface area contributed by atoms with E-state index in [2.05, 4.69) is 20.9 Å². The molecule has 0 amide bonds. The highest BCUT2D eigenvalue weighted by molar-refractivity contribution is 9.10. The van der Waals surface area contributed by atoms with Crippen molar-refractivity contribution in [1.82, 2.24) is 9.55 Å². The van der Waals surface area contributed by atoms with Gasteiger partial charge in [0.25, 0.3) is 5.56 Å². The molecule has 0 radical (unpaired) electrons. The Balaban J connectivity index is 2.55. The second-order valence-electron chi connectivity index (χ2n) is 4.42. The SMILES string of the molecule is CC(O)(Cn1cnc2ccc(Br)cc2c1=O)C(=O)O. The molecule has 0 aliphatic carbocycles. The maximum Gasteiger partial charge on any atom is 0.337 e. The van der Waals surface area contributed by atoms with E-state index in [4.69, 9.17) is 5.11 Å². The number of rotatable bonds is 3. The van der Waals surface area contributed by atoms with Gasteiger partial charge in [0, 0.05) is 4.47 Å². The van der Waals surface area contributed by atoms with Crippen LogP contribution in [0.4, 0.5) is 0 Å². The molecule has 1 aromatic carbocycles. The van der Waals surface area contributed by atoms with E-state index in [1.54, 1.807) is 18.2 Å². The van der Waals surface area contributed by atoms with E-state index in [0.717, 1.165) is 16.0 Å². The first-order valence-electron chi connectivity index (χ1n) is 5.42. The van der Waals surface area contributed by atoms with E-state index in [9.17, 15) is 14.7 Å². The van der Waals surface area contributed by atoms with E-state index in [0.29, 0.717) is 10.9 Å². The molecule has 2 rings (SSSR count). The van der Waals surface area contributed by atoms with Crippen LogP contribution in [-0.4, -0.2) is 31.3 Å². The zero-order valence-corrected chi connectivity index (χ0v) is 11.6. The number of hydrogen-bond acceptors (Lipinski definition) is 4. The van der Waals surface area contributed by atoms with Crippen LogP contribution in [-0.2, 0) is 11.3 Å². The molecule has 0 saturated carbocycles. The van der Waals surface area contributed by atoms with Crippen molar-refractivity contribution in [3.63, 3.8) is 0 Å². The van der Waals surface area contributed by atoms with Crippen molar-refractivity contribution in [2.24, 2.45) is 0 Å². The third-order valence-corrected chi connectivity index (χ3v) is 3.22. The first kappa shape index (κ1) is 13.7. The normalized spacial score (nSPS) is 14.3. The predicted molar refractivity (Wildman–Crippen MR) is 72.0 cm³/mol. The largest absolute Gasteiger partial charge is 0.479 e. The lowest BCUT2D eigenvalue weighted by Gasteiger charge is -2.18. The number of carbonyl (C=O) groups is 1. The molecule has 0 fully saturated rings. The van der Waals surface area contributed by atoms with Gasteiger partial charge in [-0.25, -0.2) is 9.78 Å². The zero-order valence-electron chi connectivity index (χ0n) is 10.00. The summed E-state index contributed by atoms with van der Waals surface area (Å²) in [6.07, 6.45) is 1.23. The lowest BCUT2D eigenvalue weighted by atomic mass is 10.1. The van der Waals surface area contributed by atoms with Gasteiger partial charge < -0.3 is 10.2 Å². The number of aromatic nitrogens is 2. The number of hydrogen-bond donors (Lipinski definition) is 2. The van der Waals surface area contributed by atoms with E-state index in [-0.39, 0.29) is 6.54 Å². The first-order valence-corrected chi connectivity index (χ1v) is 6.21. The minimum Gasteiger partial charge on any atom is -0.479 e. The van der Waals surface area contributed by atoms with E-state index in [1.807, 2.05) is 0 Å². The van der Waals surface area contributed by atoms with Gasteiger partial charge in [0.1, 0.15) is 0 Å². The lowest BCUT2D eigenvalue weighted by molar-refractivity contribution is -0.157. The van der Waals surface area contributed by atoms with Crippen molar-refractivity contribution >= 4 is 32.8 Å². The maximum atomic E-state index is 12.2. The summed E-state index contributed by atoms with van der Waals surface area (Å²) < 4.78 is 1.81. The maximum absolute atomic E-state index is 12.2. The van der Waals surface area contributed by atoms with Gasteiger partial charge in [-0.05, 0) is 25.1 Å². The number of benzene rings is 1. The summed E-state index contributed by atoms with van der Waals surface area (Å²) in [4.78, 5) is 27.1. The van der Waals surface area contributed by atoms with Crippen LogP contribution in [0.2, 0.25) is 0 Å². The monoisotopic (exact) mass is 326 g/mol. The second kappa shape index (κ2) is 4.75. The second-order valence-corrected chi connectivity index (χ2v) is 5.33. The van der Waals surface area contributed by atoms with Crippen molar-refractivity contribution < 1.29 is 15.0 Å². The molecule has 19 heavy (non-hydrogen) atoms. The molecular weight excluding hydrogens is 316 g/mol. The van der Waals surface area contributed by atoms with Crippen molar-refractivity contribution in [1.29, 1.82) is 0 Å². The number of nitrogens with zero attached hydrogens (tertiary/aromatic N) is 2. The molecule has 7 heteroatoms. The average Bonchev–Trinajstić information content (AvgIpc) is 2.33. The molecule has 0 spiro atoms. The summed E-state index contributed by atoms with van der Waals surface area (Å²) in [5, 5.41) is 18.9. The first-order chi connectivity index (χ1) is 8.81. The van der Waals surface area contributed by atoms with Gasteiger partial charge in [-0.15, -0.1) is 0 Å². The number of carboxylic acid groups (broad SMARTS) is 1. The predicted octanol–water partition coefficient (Wildman–Crippen LogP) is 0.995. The minimum absolute atomic E-state index is 0.359. The molecule has 2 aromatic rings. The zero-order chi connectivity index (χ0) is 14.2. The van der Waals surface area contributed by atoms with Crippen LogP contribution in [0.3, 0.4) is 0 Å².